The molecule has 0 saturated carbocycles. The second kappa shape index (κ2) is 5.86. The number of ether oxygens (including phenoxy) is 1. The number of nitrogens with two attached hydrogens (primary N) is 1. The molecule has 0 aliphatic rings. The van der Waals surface area contributed by atoms with Crippen molar-refractivity contribution in [2.75, 3.05) is 6.61 Å². The van der Waals surface area contributed by atoms with Gasteiger partial charge in [0.2, 0.25) is 0 Å². The number of hydrogen-bond acceptors (Lipinski definition) is 2. The molecule has 0 heterocycles. The van der Waals surface area contributed by atoms with Gasteiger partial charge in [0.05, 0.1) is 22.7 Å². The maximum Gasteiger partial charge on any atom is 0.416 e. The van der Waals surface area contributed by atoms with Crippen molar-refractivity contribution in [3.8, 4) is 5.75 Å². The first-order valence-corrected chi connectivity index (χ1v) is 5.61. The Morgan fingerprint density at radius 3 is 1.80 bits per heavy atom. The quantitative estimate of drug-likeness (QED) is 0.678. The molecule has 0 bridgehead atoms. The van der Waals surface area contributed by atoms with Gasteiger partial charge in [-0.15, -0.1) is 0 Å². The molecule has 0 unspecified atom stereocenters. The average Bonchev–Trinajstić information content (AvgIpc) is 2.25. The Morgan fingerprint density at radius 1 is 1.00 bits per heavy atom. The van der Waals surface area contributed by atoms with Crippen LogP contribution >= 0.6 is 12.2 Å². The van der Waals surface area contributed by atoms with Crippen LogP contribution in [0.4, 0.5) is 26.3 Å². The zero-order valence-corrected chi connectivity index (χ0v) is 10.6. The minimum atomic E-state index is -4.90. The Hall–Kier alpha value is -1.51. The molecule has 9 heteroatoms. The summed E-state index contributed by atoms with van der Waals surface area (Å²) in [5.41, 5.74) is 2.28. The zero-order valence-electron chi connectivity index (χ0n) is 9.81. The molecule has 0 saturated heterocycles. The predicted octanol–water partition coefficient (Wildman–Crippen LogP) is 3.78. The molecule has 1 rings (SSSR count). The number of rotatable bonds is 4. The summed E-state index contributed by atoms with van der Waals surface area (Å²) < 4.78 is 80.0. The van der Waals surface area contributed by atoms with Gasteiger partial charge in [0.25, 0.3) is 0 Å². The van der Waals surface area contributed by atoms with Gasteiger partial charge < -0.3 is 10.5 Å². The van der Waals surface area contributed by atoms with E-state index in [0.717, 1.165) is 0 Å². The third-order valence-corrected chi connectivity index (χ3v) is 2.38. The topological polar surface area (TPSA) is 35.2 Å². The molecule has 0 aromatic heterocycles. The molecule has 0 fully saturated rings. The van der Waals surface area contributed by atoms with E-state index >= 15 is 0 Å². The van der Waals surface area contributed by atoms with E-state index in [1.165, 1.54) is 0 Å². The Bertz CT molecular complexity index is 464. The van der Waals surface area contributed by atoms with Crippen molar-refractivity contribution in [1.82, 2.24) is 0 Å². The van der Waals surface area contributed by atoms with Crippen LogP contribution < -0.4 is 10.5 Å². The van der Waals surface area contributed by atoms with E-state index in [0.29, 0.717) is 12.1 Å². The van der Waals surface area contributed by atoms with Crippen LogP contribution in [0.5, 0.6) is 5.75 Å². The summed E-state index contributed by atoms with van der Waals surface area (Å²) in [5, 5.41) is 0. The van der Waals surface area contributed by atoms with Gasteiger partial charge in [-0.25, -0.2) is 0 Å². The molecule has 1 aromatic carbocycles. The van der Waals surface area contributed by atoms with Gasteiger partial charge >= 0.3 is 12.4 Å². The minimum Gasteiger partial charge on any atom is -0.493 e. The normalized spacial score (nSPS) is 12.3. The fourth-order valence-electron chi connectivity index (χ4n) is 1.28. The summed E-state index contributed by atoms with van der Waals surface area (Å²) in [5.74, 6) is -0.539. The summed E-state index contributed by atoms with van der Waals surface area (Å²) in [7, 11) is 0. The van der Waals surface area contributed by atoms with Crippen LogP contribution in [0, 0.1) is 0 Å². The fraction of sp³-hybridized carbons (Fsp3) is 0.364. The lowest BCUT2D eigenvalue weighted by Crippen LogP contribution is -2.14. The van der Waals surface area contributed by atoms with E-state index in [2.05, 4.69) is 12.2 Å². The molecule has 1 aromatic rings. The van der Waals surface area contributed by atoms with Gasteiger partial charge in [0.1, 0.15) is 5.75 Å². The number of benzene rings is 1. The Balaban J connectivity index is 3.08. The molecule has 2 N–H and O–H groups in total. The highest BCUT2D eigenvalue weighted by molar-refractivity contribution is 7.80. The molecular formula is C11H9F6NOS. The fourth-order valence-corrected chi connectivity index (χ4v) is 1.36. The lowest BCUT2D eigenvalue weighted by molar-refractivity contribution is -0.143. The molecule has 20 heavy (non-hydrogen) atoms. The molecule has 0 amide bonds. The Kier molecular flexibility index (Phi) is 4.85. The van der Waals surface area contributed by atoms with Crippen LogP contribution in [0.3, 0.4) is 0 Å². The van der Waals surface area contributed by atoms with Gasteiger partial charge in [-0.1, -0.05) is 12.2 Å². The molecule has 112 valence electrons. The molecule has 0 spiro atoms. The first kappa shape index (κ1) is 16.5. The van der Waals surface area contributed by atoms with E-state index < -0.39 is 29.2 Å². The van der Waals surface area contributed by atoms with Gasteiger partial charge in [0, 0.05) is 6.42 Å². The number of thiocarbonyl (C=S) groups is 1. The van der Waals surface area contributed by atoms with E-state index in [1.807, 2.05) is 0 Å². The summed E-state index contributed by atoms with van der Waals surface area (Å²) in [6, 6.07) is 1.02. The smallest absolute Gasteiger partial charge is 0.416 e. The maximum atomic E-state index is 12.5. The SMILES string of the molecule is NC(=S)CCOc1cc(C(F)(F)F)cc(C(F)(F)F)c1. The van der Waals surface area contributed by atoms with Crippen LogP contribution in [0.15, 0.2) is 18.2 Å². The third kappa shape index (κ3) is 4.87. The van der Waals surface area contributed by atoms with Crippen molar-refractivity contribution in [3.05, 3.63) is 29.3 Å². The minimum absolute atomic E-state index is 0.0282. The number of alkyl halides is 6. The lowest BCUT2D eigenvalue weighted by Gasteiger charge is -2.14. The second-order valence-electron chi connectivity index (χ2n) is 3.81. The van der Waals surface area contributed by atoms with E-state index in [4.69, 9.17) is 10.5 Å². The predicted molar refractivity (Wildman–Crippen MR) is 63.3 cm³/mol. The third-order valence-electron chi connectivity index (χ3n) is 2.18. The van der Waals surface area contributed by atoms with E-state index in [-0.39, 0.29) is 24.1 Å². The summed E-state index contributed by atoms with van der Waals surface area (Å²) in [6.45, 7) is -0.200. The van der Waals surface area contributed by atoms with E-state index in [9.17, 15) is 26.3 Å². The molecule has 0 radical (unpaired) electrons. The Labute approximate surface area is 115 Å². The molecule has 0 atom stereocenters. The van der Waals surface area contributed by atoms with Crippen LogP contribution in [-0.2, 0) is 12.4 Å². The summed E-state index contributed by atoms with van der Waals surface area (Å²) in [6.07, 6.45) is -9.75. The summed E-state index contributed by atoms with van der Waals surface area (Å²) >= 11 is 4.52. The highest BCUT2D eigenvalue weighted by atomic mass is 32.1. The second-order valence-corrected chi connectivity index (χ2v) is 4.33. The van der Waals surface area contributed by atoms with Crippen LogP contribution in [0.1, 0.15) is 17.5 Å². The lowest BCUT2D eigenvalue weighted by atomic mass is 10.1. The summed E-state index contributed by atoms with van der Waals surface area (Å²) in [4.78, 5) is 0.0491. The number of halogens is 6. The first-order chi connectivity index (χ1) is 9.00. The van der Waals surface area contributed by atoms with Crippen LogP contribution in [0.2, 0.25) is 0 Å². The van der Waals surface area contributed by atoms with Crippen molar-refractivity contribution < 1.29 is 31.1 Å². The van der Waals surface area contributed by atoms with Crippen LogP contribution in [0.25, 0.3) is 0 Å². The standard InChI is InChI=1S/C11H9F6NOS/c12-10(13,14)6-3-7(11(15,16)17)5-8(4-6)19-2-1-9(18)20/h3-5H,1-2H2,(H2,18,20). The molecular weight excluding hydrogens is 308 g/mol. The Morgan fingerprint density at radius 2 is 1.45 bits per heavy atom. The van der Waals surface area contributed by atoms with Gasteiger partial charge in [-0.2, -0.15) is 26.3 Å². The zero-order chi connectivity index (χ0) is 15.6. The highest BCUT2D eigenvalue weighted by Gasteiger charge is 2.37. The van der Waals surface area contributed by atoms with Crippen LogP contribution in [-0.4, -0.2) is 11.6 Å². The maximum absolute atomic E-state index is 12.5. The molecule has 0 aliphatic heterocycles. The average molecular weight is 317 g/mol. The first-order valence-electron chi connectivity index (χ1n) is 5.21. The molecule has 2 nitrogen and oxygen atoms in total. The van der Waals surface area contributed by atoms with E-state index in [1.54, 1.807) is 0 Å². The van der Waals surface area contributed by atoms with Gasteiger partial charge in [-0.3, -0.25) is 0 Å². The van der Waals surface area contributed by atoms with Gasteiger partial charge in [0.15, 0.2) is 0 Å². The van der Waals surface area contributed by atoms with Crippen molar-refractivity contribution in [1.29, 1.82) is 0 Å². The monoisotopic (exact) mass is 317 g/mol. The van der Waals surface area contributed by atoms with Crippen molar-refractivity contribution >= 4 is 17.2 Å². The van der Waals surface area contributed by atoms with Gasteiger partial charge in [-0.05, 0) is 18.2 Å². The molecule has 0 aliphatic carbocycles. The van der Waals surface area contributed by atoms with Crippen molar-refractivity contribution in [3.63, 3.8) is 0 Å². The largest absolute Gasteiger partial charge is 0.493 e. The van der Waals surface area contributed by atoms with Crippen molar-refractivity contribution in [2.24, 2.45) is 5.73 Å². The number of hydrogen-bond donors (Lipinski definition) is 1. The highest BCUT2D eigenvalue weighted by Crippen LogP contribution is 2.38. The van der Waals surface area contributed by atoms with Crippen molar-refractivity contribution in [2.45, 2.75) is 18.8 Å².